The van der Waals surface area contributed by atoms with E-state index >= 15 is 0 Å². The molecule has 0 atom stereocenters. The molecule has 1 amide bonds. The number of rotatable bonds is 6. The van der Waals surface area contributed by atoms with Crippen molar-refractivity contribution in [3.63, 3.8) is 0 Å². The van der Waals surface area contributed by atoms with Gasteiger partial charge in [0.2, 0.25) is 0 Å². The molecule has 0 saturated carbocycles. The smallest absolute Gasteiger partial charge is 0.407 e. The first-order chi connectivity index (χ1) is 8.56. The molecule has 0 radical (unpaired) electrons. The molecule has 1 heterocycles. The van der Waals surface area contributed by atoms with E-state index in [1.807, 2.05) is 0 Å². The Kier molecular flexibility index (Phi) is 5.37. The molecule has 0 spiro atoms. The van der Waals surface area contributed by atoms with Crippen LogP contribution in [0.2, 0.25) is 5.15 Å². The van der Waals surface area contributed by atoms with Crippen LogP contribution in [0, 0.1) is 0 Å². The van der Waals surface area contributed by atoms with Gasteiger partial charge in [-0.25, -0.2) is 19.2 Å². The maximum atomic E-state index is 12.1. The second kappa shape index (κ2) is 6.80. The zero-order valence-corrected chi connectivity index (χ0v) is 10.1. The molecule has 0 bridgehead atoms. The maximum absolute atomic E-state index is 12.1. The SMILES string of the molecule is Nc1ncnc(Cl)c1OCCN(CCF)C(=O)O. The highest BCUT2D eigenvalue weighted by atomic mass is 35.5. The van der Waals surface area contributed by atoms with Crippen molar-refractivity contribution in [1.29, 1.82) is 0 Å². The lowest BCUT2D eigenvalue weighted by molar-refractivity contribution is 0.131. The molecule has 0 fully saturated rings. The van der Waals surface area contributed by atoms with Crippen molar-refractivity contribution in [3.8, 4) is 5.75 Å². The van der Waals surface area contributed by atoms with E-state index < -0.39 is 12.8 Å². The number of amides is 1. The van der Waals surface area contributed by atoms with Crippen LogP contribution < -0.4 is 10.5 Å². The van der Waals surface area contributed by atoms with Gasteiger partial charge in [-0.15, -0.1) is 0 Å². The third kappa shape index (κ3) is 3.88. The highest BCUT2D eigenvalue weighted by Gasteiger charge is 2.13. The molecule has 0 unspecified atom stereocenters. The second-order valence-electron chi connectivity index (χ2n) is 3.19. The van der Waals surface area contributed by atoms with Crippen molar-refractivity contribution in [2.45, 2.75) is 0 Å². The minimum absolute atomic E-state index is 0.0100. The largest absolute Gasteiger partial charge is 0.485 e. The molecule has 7 nitrogen and oxygen atoms in total. The monoisotopic (exact) mass is 278 g/mol. The predicted molar refractivity (Wildman–Crippen MR) is 62.5 cm³/mol. The van der Waals surface area contributed by atoms with E-state index in [0.717, 1.165) is 4.90 Å². The van der Waals surface area contributed by atoms with E-state index in [2.05, 4.69) is 9.97 Å². The molecular formula is C9H12ClFN4O3. The van der Waals surface area contributed by atoms with E-state index in [-0.39, 0.29) is 36.4 Å². The Labute approximate surface area is 107 Å². The number of carbonyl (C=O) groups is 1. The lowest BCUT2D eigenvalue weighted by Crippen LogP contribution is -2.35. The molecule has 1 aromatic heterocycles. The lowest BCUT2D eigenvalue weighted by atomic mass is 10.5. The van der Waals surface area contributed by atoms with Crippen LogP contribution in [0.4, 0.5) is 15.0 Å². The fourth-order valence-corrected chi connectivity index (χ4v) is 1.36. The number of nitrogen functional groups attached to an aromatic ring is 1. The molecule has 1 aromatic rings. The number of ether oxygens (including phenoxy) is 1. The van der Waals surface area contributed by atoms with Gasteiger partial charge >= 0.3 is 6.09 Å². The molecule has 0 aliphatic heterocycles. The first-order valence-electron chi connectivity index (χ1n) is 4.99. The number of alkyl halides is 1. The van der Waals surface area contributed by atoms with Crippen molar-refractivity contribution >= 4 is 23.5 Å². The molecule has 0 aromatic carbocycles. The van der Waals surface area contributed by atoms with E-state index in [0.29, 0.717) is 0 Å². The van der Waals surface area contributed by atoms with E-state index in [4.69, 9.17) is 27.2 Å². The summed E-state index contributed by atoms with van der Waals surface area (Å²) in [6.07, 6.45) is -0.0448. The highest BCUT2D eigenvalue weighted by molar-refractivity contribution is 6.31. The summed E-state index contributed by atoms with van der Waals surface area (Å²) in [4.78, 5) is 18.9. The van der Waals surface area contributed by atoms with Gasteiger partial charge in [0.25, 0.3) is 0 Å². The Morgan fingerprint density at radius 1 is 1.56 bits per heavy atom. The second-order valence-corrected chi connectivity index (χ2v) is 3.54. The summed E-state index contributed by atoms with van der Waals surface area (Å²) < 4.78 is 17.3. The Balaban J connectivity index is 2.52. The number of nitrogens with zero attached hydrogens (tertiary/aromatic N) is 3. The summed E-state index contributed by atoms with van der Waals surface area (Å²) in [6.45, 7) is -1.01. The molecule has 0 aliphatic rings. The summed E-state index contributed by atoms with van der Waals surface area (Å²) in [7, 11) is 0. The summed E-state index contributed by atoms with van der Waals surface area (Å²) in [5.41, 5.74) is 5.51. The van der Waals surface area contributed by atoms with Crippen LogP contribution in [0.15, 0.2) is 6.33 Å². The zero-order chi connectivity index (χ0) is 13.5. The molecule has 0 aliphatic carbocycles. The molecule has 0 saturated heterocycles. The van der Waals surface area contributed by atoms with Gasteiger partial charge in [-0.3, -0.25) is 0 Å². The van der Waals surface area contributed by atoms with Crippen LogP contribution in [0.1, 0.15) is 0 Å². The highest BCUT2D eigenvalue weighted by Crippen LogP contribution is 2.26. The number of hydrogen-bond acceptors (Lipinski definition) is 5. The van der Waals surface area contributed by atoms with Gasteiger partial charge in [0.05, 0.1) is 13.1 Å². The third-order valence-corrected chi connectivity index (χ3v) is 2.29. The third-order valence-electron chi connectivity index (χ3n) is 2.02. The van der Waals surface area contributed by atoms with Crippen LogP contribution in [0.3, 0.4) is 0 Å². The van der Waals surface area contributed by atoms with Crippen molar-refractivity contribution in [1.82, 2.24) is 14.9 Å². The van der Waals surface area contributed by atoms with Crippen LogP contribution in [-0.2, 0) is 0 Å². The van der Waals surface area contributed by atoms with Crippen molar-refractivity contribution in [2.75, 3.05) is 32.1 Å². The number of nitrogens with two attached hydrogens (primary N) is 1. The fourth-order valence-electron chi connectivity index (χ4n) is 1.16. The molecular weight excluding hydrogens is 267 g/mol. The van der Waals surface area contributed by atoms with E-state index in [9.17, 15) is 9.18 Å². The van der Waals surface area contributed by atoms with Gasteiger partial charge in [0.15, 0.2) is 16.7 Å². The van der Waals surface area contributed by atoms with Crippen LogP contribution in [-0.4, -0.2) is 52.4 Å². The van der Waals surface area contributed by atoms with Crippen LogP contribution >= 0.6 is 11.6 Å². The minimum atomic E-state index is -1.22. The molecule has 100 valence electrons. The Bertz CT molecular complexity index is 401. The molecule has 9 heteroatoms. The Hall–Kier alpha value is -1.83. The van der Waals surface area contributed by atoms with Gasteiger partial charge in [-0.05, 0) is 0 Å². The van der Waals surface area contributed by atoms with Gasteiger partial charge < -0.3 is 20.5 Å². The maximum Gasteiger partial charge on any atom is 0.407 e. The number of hydrogen-bond donors (Lipinski definition) is 2. The summed E-state index contributed by atoms with van der Waals surface area (Å²) in [6, 6.07) is 0. The minimum Gasteiger partial charge on any atom is -0.485 e. The molecule has 3 N–H and O–H groups in total. The number of carboxylic acid groups (broad SMARTS) is 1. The average molecular weight is 279 g/mol. The van der Waals surface area contributed by atoms with Crippen molar-refractivity contribution in [3.05, 3.63) is 11.5 Å². The molecule has 18 heavy (non-hydrogen) atoms. The van der Waals surface area contributed by atoms with Crippen molar-refractivity contribution in [2.24, 2.45) is 0 Å². The first-order valence-corrected chi connectivity index (χ1v) is 5.36. The first kappa shape index (κ1) is 14.2. The zero-order valence-electron chi connectivity index (χ0n) is 9.34. The van der Waals surface area contributed by atoms with Gasteiger partial charge in [-0.2, -0.15) is 0 Å². The number of anilines is 1. The predicted octanol–water partition coefficient (Wildman–Crippen LogP) is 1.04. The average Bonchev–Trinajstić information content (AvgIpc) is 2.31. The fraction of sp³-hybridized carbons (Fsp3) is 0.444. The topological polar surface area (TPSA) is 102 Å². The van der Waals surface area contributed by atoms with Crippen molar-refractivity contribution < 1.29 is 19.0 Å². The van der Waals surface area contributed by atoms with Gasteiger partial charge in [-0.1, -0.05) is 11.6 Å². The number of aromatic nitrogens is 2. The van der Waals surface area contributed by atoms with E-state index in [1.165, 1.54) is 6.33 Å². The Morgan fingerprint density at radius 3 is 2.83 bits per heavy atom. The Morgan fingerprint density at radius 2 is 2.28 bits per heavy atom. The number of halogens is 2. The summed E-state index contributed by atoms with van der Waals surface area (Å²) >= 11 is 5.72. The van der Waals surface area contributed by atoms with Crippen LogP contribution in [0.25, 0.3) is 0 Å². The van der Waals surface area contributed by atoms with Gasteiger partial charge in [0, 0.05) is 0 Å². The molecule has 1 rings (SSSR count). The van der Waals surface area contributed by atoms with Crippen LogP contribution in [0.5, 0.6) is 5.75 Å². The quantitative estimate of drug-likeness (QED) is 0.754. The summed E-state index contributed by atoms with van der Waals surface area (Å²) in [5, 5.41) is 8.78. The normalized spacial score (nSPS) is 10.1. The summed E-state index contributed by atoms with van der Waals surface area (Å²) in [5.74, 6) is 0.145. The lowest BCUT2D eigenvalue weighted by Gasteiger charge is -2.17. The van der Waals surface area contributed by atoms with Gasteiger partial charge in [0.1, 0.15) is 19.6 Å². The standard InChI is InChI=1S/C9H12ClFN4O3/c10-7-6(8(12)14-5-13-7)18-4-3-15(2-1-11)9(16)17/h5H,1-4H2,(H,16,17)(H2,12,13,14). The van der Waals surface area contributed by atoms with E-state index in [1.54, 1.807) is 0 Å².